The smallest absolute Gasteiger partial charge is 0.386 e. The molecular weight excluding hydrogens is 270 g/mol. The fourth-order valence-corrected chi connectivity index (χ4v) is 13.2. The monoisotopic (exact) mass is 303 g/mol. The Bertz CT molecular complexity index is 260. The first-order valence-electron chi connectivity index (χ1n) is 7.96. The van der Waals surface area contributed by atoms with Gasteiger partial charge in [-0.1, -0.05) is 45.8 Å². The van der Waals surface area contributed by atoms with Crippen molar-refractivity contribution in [2.75, 3.05) is 20.8 Å². The molecule has 5 heteroatoms. The number of rotatable bonds is 8. The van der Waals surface area contributed by atoms with Crippen molar-refractivity contribution in [2.45, 2.75) is 70.4 Å². The largest absolute Gasteiger partial charge is 0.427 e. The molecule has 0 bridgehead atoms. The lowest BCUT2D eigenvalue weighted by atomic mass is 10.4. The van der Waals surface area contributed by atoms with E-state index in [1.165, 1.54) is 37.5 Å². The summed E-state index contributed by atoms with van der Waals surface area (Å²) in [6, 6.07) is 5.28. The minimum Gasteiger partial charge on any atom is -0.386 e. The van der Waals surface area contributed by atoms with Gasteiger partial charge < -0.3 is 8.85 Å². The minimum atomic E-state index is -2.08. The molecule has 1 saturated heterocycles. The van der Waals surface area contributed by atoms with Crippen molar-refractivity contribution < 1.29 is 8.85 Å². The molecule has 0 radical (unpaired) electrons. The highest BCUT2D eigenvalue weighted by Crippen LogP contribution is 2.37. The topological polar surface area (TPSA) is 21.7 Å². The van der Waals surface area contributed by atoms with Crippen molar-refractivity contribution in [3.05, 3.63) is 0 Å². The van der Waals surface area contributed by atoms with Crippen LogP contribution in [0.1, 0.15) is 40.5 Å². The van der Waals surface area contributed by atoms with Crippen LogP contribution in [-0.2, 0) is 8.85 Å². The zero-order chi connectivity index (χ0) is 14.5. The Morgan fingerprint density at radius 3 is 1.95 bits per heavy atom. The molecule has 0 aliphatic carbocycles. The number of hydrogen-bond donors (Lipinski definition) is 0. The van der Waals surface area contributed by atoms with E-state index in [9.17, 15) is 0 Å². The molecule has 0 amide bonds. The van der Waals surface area contributed by atoms with Crippen LogP contribution < -0.4 is 0 Å². The molecule has 0 aromatic rings. The molecule has 19 heavy (non-hydrogen) atoms. The average Bonchev–Trinajstić information content (AvgIpc) is 2.89. The van der Waals surface area contributed by atoms with Crippen LogP contribution in [0.25, 0.3) is 0 Å². The van der Waals surface area contributed by atoms with Gasteiger partial charge in [0, 0.05) is 25.9 Å². The molecule has 1 aliphatic rings. The third kappa shape index (κ3) is 3.00. The Hall–Kier alpha value is 0.314. The Labute approximate surface area is 122 Å². The molecule has 0 aromatic carbocycles. The normalized spacial score (nSPS) is 21.8. The van der Waals surface area contributed by atoms with Gasteiger partial charge >= 0.3 is 8.72 Å². The van der Waals surface area contributed by atoms with Gasteiger partial charge in [0.05, 0.1) is 8.07 Å². The summed E-state index contributed by atoms with van der Waals surface area (Å²) >= 11 is 0. The maximum atomic E-state index is 5.94. The summed E-state index contributed by atoms with van der Waals surface area (Å²) in [5, 5.41) is 0. The average molecular weight is 304 g/mol. The van der Waals surface area contributed by atoms with Crippen LogP contribution >= 0.6 is 0 Å². The van der Waals surface area contributed by atoms with Crippen LogP contribution in [0, 0.1) is 0 Å². The van der Waals surface area contributed by atoms with Gasteiger partial charge in [-0.15, -0.1) is 0 Å². The number of hydrogen-bond acceptors (Lipinski definition) is 3. The summed E-state index contributed by atoms with van der Waals surface area (Å²) in [5.74, 6) is 0. The van der Waals surface area contributed by atoms with Gasteiger partial charge in [0.15, 0.2) is 0 Å². The predicted octanol–water partition coefficient (Wildman–Crippen LogP) is 3.75. The molecule has 0 N–H and O–H groups in total. The quantitative estimate of drug-likeness (QED) is 0.637. The lowest BCUT2D eigenvalue weighted by Gasteiger charge is -2.46. The molecule has 0 spiro atoms. The van der Waals surface area contributed by atoms with Crippen molar-refractivity contribution in [2.24, 2.45) is 0 Å². The summed E-state index contributed by atoms with van der Waals surface area (Å²) in [7, 11) is 0.393. The van der Waals surface area contributed by atoms with Gasteiger partial charge in [0.1, 0.15) is 0 Å². The third-order valence-corrected chi connectivity index (χ3v) is 15.8. The van der Waals surface area contributed by atoms with Crippen LogP contribution in [0.4, 0.5) is 0 Å². The van der Waals surface area contributed by atoms with E-state index < -0.39 is 16.8 Å². The van der Waals surface area contributed by atoms with Crippen LogP contribution in [-0.4, -0.2) is 47.8 Å². The molecule has 1 fully saturated rings. The highest BCUT2D eigenvalue weighted by Gasteiger charge is 2.54. The third-order valence-electron chi connectivity index (χ3n) is 5.55. The maximum Gasteiger partial charge on any atom is 0.427 e. The second-order valence-corrected chi connectivity index (χ2v) is 14.6. The molecule has 1 rings (SSSR count). The van der Waals surface area contributed by atoms with E-state index >= 15 is 0 Å². The summed E-state index contributed by atoms with van der Waals surface area (Å²) < 4.78 is 14.6. The summed E-state index contributed by atoms with van der Waals surface area (Å²) in [6.45, 7) is 10.7. The van der Waals surface area contributed by atoms with Crippen LogP contribution in [0.2, 0.25) is 24.2 Å². The van der Waals surface area contributed by atoms with E-state index in [4.69, 9.17) is 8.85 Å². The van der Waals surface area contributed by atoms with Crippen LogP contribution in [0.5, 0.6) is 0 Å². The van der Waals surface area contributed by atoms with Crippen molar-refractivity contribution in [3.8, 4) is 0 Å². The lowest BCUT2D eigenvalue weighted by molar-refractivity contribution is 0.171. The molecule has 1 aliphatic heterocycles. The Balaban J connectivity index is 3.07. The van der Waals surface area contributed by atoms with Crippen LogP contribution in [0.15, 0.2) is 0 Å². The van der Waals surface area contributed by atoms with Crippen LogP contribution in [0.3, 0.4) is 0 Å². The molecule has 3 nitrogen and oxygen atoms in total. The Kier molecular flexibility index (Phi) is 6.73. The molecule has 1 atom stereocenters. The maximum absolute atomic E-state index is 5.94. The van der Waals surface area contributed by atoms with E-state index in [0.717, 1.165) is 11.7 Å². The molecule has 114 valence electrons. The fourth-order valence-electron chi connectivity index (χ4n) is 4.14. The first-order chi connectivity index (χ1) is 9.09. The summed E-state index contributed by atoms with van der Waals surface area (Å²) in [5.41, 5.74) is 0.738. The highest BCUT2D eigenvalue weighted by molar-refractivity contribution is 6.82. The van der Waals surface area contributed by atoms with E-state index in [0.29, 0.717) is 0 Å². The SMILES string of the molecule is CCC(N1CCC[Si]1(OC)OC)[Si](CC)(CC)CC. The second-order valence-electron chi connectivity index (χ2n) is 5.76. The molecular formula is C14H33NO2Si2. The fraction of sp³-hybridized carbons (Fsp3) is 1.00. The zero-order valence-corrected chi connectivity index (χ0v) is 15.8. The zero-order valence-electron chi connectivity index (χ0n) is 13.8. The first kappa shape index (κ1) is 17.4. The van der Waals surface area contributed by atoms with Crippen molar-refractivity contribution in [1.29, 1.82) is 0 Å². The standard InChI is InChI=1S/C14H33NO2Si2/c1-7-14(18(8-2,9-3)10-4)15-12-11-13-19(15,16-5)17-6/h14H,7-13H2,1-6H3. The van der Waals surface area contributed by atoms with Gasteiger partial charge in [0.2, 0.25) is 0 Å². The summed E-state index contributed by atoms with van der Waals surface area (Å²) in [6.07, 6.45) is 2.50. The summed E-state index contributed by atoms with van der Waals surface area (Å²) in [4.78, 5) is 0. The van der Waals surface area contributed by atoms with E-state index in [-0.39, 0.29) is 0 Å². The molecule has 1 heterocycles. The molecule has 0 aromatic heterocycles. The van der Waals surface area contributed by atoms with Gasteiger partial charge in [-0.05, 0) is 19.4 Å². The Morgan fingerprint density at radius 2 is 1.58 bits per heavy atom. The van der Waals surface area contributed by atoms with Crippen molar-refractivity contribution in [3.63, 3.8) is 0 Å². The van der Waals surface area contributed by atoms with E-state index in [2.05, 4.69) is 32.3 Å². The number of nitrogens with zero attached hydrogens (tertiary/aromatic N) is 1. The highest BCUT2D eigenvalue weighted by atomic mass is 28.4. The van der Waals surface area contributed by atoms with Crippen molar-refractivity contribution in [1.82, 2.24) is 4.57 Å². The molecule has 1 unspecified atom stereocenters. The van der Waals surface area contributed by atoms with E-state index in [1.54, 1.807) is 0 Å². The Morgan fingerprint density at radius 1 is 1.05 bits per heavy atom. The van der Waals surface area contributed by atoms with Gasteiger partial charge in [-0.2, -0.15) is 0 Å². The lowest BCUT2D eigenvalue weighted by Crippen LogP contribution is -2.65. The van der Waals surface area contributed by atoms with Gasteiger partial charge in [-0.3, -0.25) is 4.57 Å². The van der Waals surface area contributed by atoms with Crippen molar-refractivity contribution >= 4 is 16.8 Å². The minimum absolute atomic E-state index is 0.738. The van der Waals surface area contributed by atoms with Gasteiger partial charge in [0.25, 0.3) is 0 Å². The molecule has 0 saturated carbocycles. The van der Waals surface area contributed by atoms with Gasteiger partial charge in [-0.25, -0.2) is 0 Å². The first-order valence-corrected chi connectivity index (χ1v) is 12.6. The second kappa shape index (κ2) is 7.36. The predicted molar refractivity (Wildman–Crippen MR) is 87.2 cm³/mol. The van der Waals surface area contributed by atoms with E-state index in [1.807, 2.05) is 14.2 Å².